The zero-order chi connectivity index (χ0) is 12.3. The Bertz CT molecular complexity index is 269. The SMILES string of the molecule is CN1CCC[C@H](C(=O)N2CCC[C@@H](CN)C2)C1. The van der Waals surface area contributed by atoms with Gasteiger partial charge in [0.15, 0.2) is 0 Å². The molecule has 4 heteroatoms. The molecular formula is C13H25N3O. The molecule has 0 spiro atoms. The van der Waals surface area contributed by atoms with Crippen molar-refractivity contribution in [3.8, 4) is 0 Å². The van der Waals surface area contributed by atoms with E-state index in [-0.39, 0.29) is 5.92 Å². The number of rotatable bonds is 2. The van der Waals surface area contributed by atoms with Crippen molar-refractivity contribution in [1.82, 2.24) is 9.80 Å². The maximum absolute atomic E-state index is 12.4. The second-order valence-electron chi connectivity index (χ2n) is 5.63. The van der Waals surface area contributed by atoms with Gasteiger partial charge >= 0.3 is 0 Å². The summed E-state index contributed by atoms with van der Waals surface area (Å²) in [6.45, 7) is 4.61. The molecule has 1 amide bonds. The molecule has 4 nitrogen and oxygen atoms in total. The molecule has 0 saturated carbocycles. The zero-order valence-electron chi connectivity index (χ0n) is 10.9. The van der Waals surface area contributed by atoms with Crippen LogP contribution in [0.4, 0.5) is 0 Å². The van der Waals surface area contributed by atoms with E-state index >= 15 is 0 Å². The first-order valence-electron chi connectivity index (χ1n) is 6.88. The Morgan fingerprint density at radius 3 is 2.71 bits per heavy atom. The molecule has 2 heterocycles. The number of piperidine rings is 2. The molecule has 2 aliphatic heterocycles. The fraction of sp³-hybridized carbons (Fsp3) is 0.923. The summed E-state index contributed by atoms with van der Waals surface area (Å²) in [6, 6.07) is 0. The molecule has 2 N–H and O–H groups in total. The maximum Gasteiger partial charge on any atom is 0.226 e. The van der Waals surface area contributed by atoms with Gasteiger partial charge in [0.05, 0.1) is 5.92 Å². The summed E-state index contributed by atoms with van der Waals surface area (Å²) in [6.07, 6.45) is 4.52. The number of carbonyl (C=O) groups is 1. The Morgan fingerprint density at radius 2 is 2.00 bits per heavy atom. The first-order chi connectivity index (χ1) is 8.20. The molecule has 2 atom stereocenters. The van der Waals surface area contributed by atoms with Crippen molar-refractivity contribution >= 4 is 5.91 Å². The van der Waals surface area contributed by atoms with Crippen LogP contribution in [-0.4, -0.2) is 55.5 Å². The maximum atomic E-state index is 12.4. The predicted molar refractivity (Wildman–Crippen MR) is 68.6 cm³/mol. The minimum Gasteiger partial charge on any atom is -0.342 e. The molecule has 2 rings (SSSR count). The average molecular weight is 239 g/mol. The van der Waals surface area contributed by atoms with Crippen LogP contribution in [-0.2, 0) is 4.79 Å². The van der Waals surface area contributed by atoms with Crippen molar-refractivity contribution in [2.45, 2.75) is 25.7 Å². The lowest BCUT2D eigenvalue weighted by molar-refractivity contribution is -0.139. The van der Waals surface area contributed by atoms with E-state index in [1.807, 2.05) is 0 Å². The van der Waals surface area contributed by atoms with Crippen molar-refractivity contribution in [2.75, 3.05) is 39.8 Å². The second-order valence-corrected chi connectivity index (χ2v) is 5.63. The van der Waals surface area contributed by atoms with Crippen LogP contribution in [0.25, 0.3) is 0 Å². The van der Waals surface area contributed by atoms with Crippen molar-refractivity contribution in [2.24, 2.45) is 17.6 Å². The number of hydrogen-bond acceptors (Lipinski definition) is 3. The molecule has 0 aromatic carbocycles. The molecule has 0 aliphatic carbocycles. The van der Waals surface area contributed by atoms with Crippen LogP contribution in [0.2, 0.25) is 0 Å². The number of carbonyl (C=O) groups excluding carboxylic acids is 1. The van der Waals surface area contributed by atoms with Gasteiger partial charge in [-0.2, -0.15) is 0 Å². The van der Waals surface area contributed by atoms with E-state index in [2.05, 4.69) is 16.8 Å². The van der Waals surface area contributed by atoms with Crippen LogP contribution in [0.1, 0.15) is 25.7 Å². The molecule has 0 radical (unpaired) electrons. The Labute approximate surface area is 104 Å². The second kappa shape index (κ2) is 5.83. The van der Waals surface area contributed by atoms with Gasteiger partial charge in [-0.15, -0.1) is 0 Å². The number of nitrogens with zero attached hydrogens (tertiary/aromatic N) is 2. The third kappa shape index (κ3) is 3.19. The van der Waals surface area contributed by atoms with Crippen LogP contribution in [0.3, 0.4) is 0 Å². The Balaban J connectivity index is 1.89. The van der Waals surface area contributed by atoms with E-state index < -0.39 is 0 Å². The minimum atomic E-state index is 0.227. The van der Waals surface area contributed by atoms with Gasteiger partial charge in [0.2, 0.25) is 5.91 Å². The first-order valence-corrected chi connectivity index (χ1v) is 6.88. The topological polar surface area (TPSA) is 49.6 Å². The first kappa shape index (κ1) is 12.8. The minimum absolute atomic E-state index is 0.227. The summed E-state index contributed by atoms with van der Waals surface area (Å²) in [7, 11) is 2.11. The van der Waals surface area contributed by atoms with Crippen LogP contribution in [0.5, 0.6) is 0 Å². The van der Waals surface area contributed by atoms with E-state index in [0.29, 0.717) is 18.4 Å². The third-order valence-electron chi connectivity index (χ3n) is 4.14. The van der Waals surface area contributed by atoms with Gasteiger partial charge in [-0.1, -0.05) is 0 Å². The fourth-order valence-electron chi connectivity index (χ4n) is 3.08. The van der Waals surface area contributed by atoms with Gasteiger partial charge in [0, 0.05) is 19.6 Å². The standard InChI is InChI=1S/C13H25N3O/c1-15-6-3-5-12(10-15)13(17)16-7-2-4-11(8-14)9-16/h11-12H,2-10,14H2,1H3/t11-,12-/m0/s1. The summed E-state index contributed by atoms with van der Waals surface area (Å²) in [4.78, 5) is 16.8. The molecule has 0 unspecified atom stereocenters. The van der Waals surface area contributed by atoms with Gasteiger partial charge < -0.3 is 15.5 Å². The van der Waals surface area contributed by atoms with Crippen LogP contribution >= 0.6 is 0 Å². The predicted octanol–water partition coefficient (Wildman–Crippen LogP) is 0.526. The van der Waals surface area contributed by atoms with Gasteiger partial charge in [-0.3, -0.25) is 4.79 Å². The van der Waals surface area contributed by atoms with Gasteiger partial charge in [0.1, 0.15) is 0 Å². The molecule has 98 valence electrons. The molecule has 2 fully saturated rings. The fourth-order valence-corrected chi connectivity index (χ4v) is 3.08. The van der Waals surface area contributed by atoms with Crippen molar-refractivity contribution in [3.63, 3.8) is 0 Å². The zero-order valence-corrected chi connectivity index (χ0v) is 10.9. The van der Waals surface area contributed by atoms with Crippen LogP contribution in [0.15, 0.2) is 0 Å². The van der Waals surface area contributed by atoms with Gasteiger partial charge in [-0.05, 0) is 51.7 Å². The van der Waals surface area contributed by atoms with E-state index in [1.165, 1.54) is 6.42 Å². The molecule has 2 aliphatic rings. The quantitative estimate of drug-likeness (QED) is 0.764. The summed E-state index contributed by atoms with van der Waals surface area (Å²) in [5.74, 6) is 1.12. The lowest BCUT2D eigenvalue weighted by atomic mass is 9.93. The van der Waals surface area contributed by atoms with Crippen molar-refractivity contribution in [3.05, 3.63) is 0 Å². The lowest BCUT2D eigenvalue weighted by Crippen LogP contribution is -2.48. The Kier molecular flexibility index (Phi) is 4.40. The Hall–Kier alpha value is -0.610. The molecule has 2 saturated heterocycles. The lowest BCUT2D eigenvalue weighted by Gasteiger charge is -2.37. The van der Waals surface area contributed by atoms with Crippen LogP contribution < -0.4 is 5.73 Å². The summed E-state index contributed by atoms with van der Waals surface area (Å²) < 4.78 is 0. The summed E-state index contributed by atoms with van der Waals surface area (Å²) in [5, 5.41) is 0. The van der Waals surface area contributed by atoms with E-state index in [9.17, 15) is 4.79 Å². The highest BCUT2D eigenvalue weighted by Gasteiger charge is 2.30. The molecule has 17 heavy (non-hydrogen) atoms. The average Bonchev–Trinajstić information content (AvgIpc) is 2.38. The molecule has 0 aromatic heterocycles. The number of amides is 1. The van der Waals surface area contributed by atoms with Crippen LogP contribution in [0, 0.1) is 11.8 Å². The molecule has 0 aromatic rings. The normalized spacial score (nSPS) is 31.5. The van der Waals surface area contributed by atoms with Crippen molar-refractivity contribution in [1.29, 1.82) is 0 Å². The smallest absolute Gasteiger partial charge is 0.226 e. The number of nitrogens with two attached hydrogens (primary N) is 1. The highest BCUT2D eigenvalue weighted by atomic mass is 16.2. The van der Waals surface area contributed by atoms with E-state index in [1.54, 1.807) is 0 Å². The summed E-state index contributed by atoms with van der Waals surface area (Å²) in [5.41, 5.74) is 5.72. The monoisotopic (exact) mass is 239 g/mol. The Morgan fingerprint density at radius 1 is 1.24 bits per heavy atom. The van der Waals surface area contributed by atoms with E-state index in [0.717, 1.165) is 45.4 Å². The van der Waals surface area contributed by atoms with Gasteiger partial charge in [0.25, 0.3) is 0 Å². The highest BCUT2D eigenvalue weighted by Crippen LogP contribution is 2.22. The largest absolute Gasteiger partial charge is 0.342 e. The number of likely N-dealkylation sites (tertiary alicyclic amines) is 2. The number of hydrogen-bond donors (Lipinski definition) is 1. The summed E-state index contributed by atoms with van der Waals surface area (Å²) >= 11 is 0. The van der Waals surface area contributed by atoms with Crippen molar-refractivity contribution < 1.29 is 4.79 Å². The highest BCUT2D eigenvalue weighted by molar-refractivity contribution is 5.79. The third-order valence-corrected chi connectivity index (χ3v) is 4.14. The molecular weight excluding hydrogens is 214 g/mol. The van der Waals surface area contributed by atoms with E-state index in [4.69, 9.17) is 5.73 Å². The van der Waals surface area contributed by atoms with Gasteiger partial charge in [-0.25, -0.2) is 0 Å². The molecule has 0 bridgehead atoms.